The van der Waals surface area contributed by atoms with Crippen LogP contribution in [0.1, 0.15) is 43.7 Å². The lowest BCUT2D eigenvalue weighted by Crippen LogP contribution is -2.39. The van der Waals surface area contributed by atoms with Crippen LogP contribution in [0.15, 0.2) is 54.6 Å². The fourth-order valence-electron chi connectivity index (χ4n) is 3.29. The molecule has 5 nitrogen and oxygen atoms in total. The maximum Gasteiger partial charge on any atom is 0.317 e. The highest BCUT2D eigenvalue weighted by atomic mass is 16.2. The normalized spacial score (nSPS) is 13.5. The molecule has 0 bridgehead atoms. The summed E-state index contributed by atoms with van der Waals surface area (Å²) in [6, 6.07) is 17.6. The van der Waals surface area contributed by atoms with Crippen molar-refractivity contribution in [1.82, 2.24) is 10.2 Å². The summed E-state index contributed by atoms with van der Waals surface area (Å²) in [5, 5.41) is 5.99. The molecule has 2 aromatic rings. The molecule has 28 heavy (non-hydrogen) atoms. The van der Waals surface area contributed by atoms with Crippen LogP contribution in [0, 0.1) is 5.92 Å². The predicted molar refractivity (Wildman–Crippen MR) is 112 cm³/mol. The Bertz CT molecular complexity index is 787. The molecule has 0 aliphatic heterocycles. The largest absolute Gasteiger partial charge is 0.334 e. The summed E-state index contributed by atoms with van der Waals surface area (Å²) < 4.78 is 0. The molecular formula is C23H29N3O2. The zero-order valence-corrected chi connectivity index (χ0v) is 16.5. The van der Waals surface area contributed by atoms with Crippen LogP contribution in [0.5, 0.6) is 0 Å². The summed E-state index contributed by atoms with van der Waals surface area (Å²) in [7, 11) is 0. The van der Waals surface area contributed by atoms with Crippen LogP contribution < -0.4 is 10.6 Å². The van der Waals surface area contributed by atoms with Crippen molar-refractivity contribution in [2.45, 2.75) is 45.7 Å². The lowest BCUT2D eigenvalue weighted by atomic mass is 9.85. The molecule has 0 heterocycles. The minimum absolute atomic E-state index is 0.0744. The zero-order chi connectivity index (χ0) is 19.8. The van der Waals surface area contributed by atoms with E-state index in [9.17, 15) is 9.59 Å². The highest BCUT2D eigenvalue weighted by molar-refractivity contribution is 5.93. The topological polar surface area (TPSA) is 61.4 Å². The molecule has 1 fully saturated rings. The lowest BCUT2D eigenvalue weighted by Gasteiger charge is -2.24. The van der Waals surface area contributed by atoms with E-state index in [2.05, 4.69) is 17.6 Å². The summed E-state index contributed by atoms with van der Waals surface area (Å²) >= 11 is 0. The number of nitrogens with zero attached hydrogens (tertiary/aromatic N) is 1. The van der Waals surface area contributed by atoms with Gasteiger partial charge in [-0.25, -0.2) is 4.79 Å². The SMILES string of the molecule is CCCN(Cc1ccccc1)C(=O)NCc1cccc(NC(=O)C2CCC2)c1. The monoisotopic (exact) mass is 379 g/mol. The smallest absolute Gasteiger partial charge is 0.317 e. The second-order valence-corrected chi connectivity index (χ2v) is 7.38. The Balaban J connectivity index is 1.54. The molecule has 2 N–H and O–H groups in total. The Kier molecular flexibility index (Phi) is 7.06. The molecule has 0 unspecified atom stereocenters. The molecule has 0 saturated heterocycles. The van der Waals surface area contributed by atoms with Crippen LogP contribution in [-0.2, 0) is 17.9 Å². The molecule has 1 saturated carbocycles. The van der Waals surface area contributed by atoms with E-state index >= 15 is 0 Å². The van der Waals surface area contributed by atoms with Gasteiger partial charge in [0.15, 0.2) is 0 Å². The van der Waals surface area contributed by atoms with Crippen LogP contribution in [0.3, 0.4) is 0 Å². The van der Waals surface area contributed by atoms with Gasteiger partial charge in [-0.1, -0.05) is 55.8 Å². The number of carbonyl (C=O) groups is 2. The second-order valence-electron chi connectivity index (χ2n) is 7.38. The van der Waals surface area contributed by atoms with Crippen molar-refractivity contribution in [2.75, 3.05) is 11.9 Å². The zero-order valence-electron chi connectivity index (χ0n) is 16.5. The molecule has 0 spiro atoms. The van der Waals surface area contributed by atoms with E-state index in [4.69, 9.17) is 0 Å². The van der Waals surface area contributed by atoms with Gasteiger partial charge in [0.1, 0.15) is 0 Å². The molecular weight excluding hydrogens is 350 g/mol. The van der Waals surface area contributed by atoms with Gasteiger partial charge in [0.05, 0.1) is 0 Å². The fraction of sp³-hybridized carbons (Fsp3) is 0.391. The standard InChI is InChI=1S/C23H29N3O2/c1-2-14-26(17-18-8-4-3-5-9-18)23(28)24-16-19-10-6-13-21(15-19)25-22(27)20-11-7-12-20/h3-6,8-10,13,15,20H,2,7,11-12,14,16-17H2,1H3,(H,24,28)(H,25,27). The Morgan fingerprint density at radius 3 is 2.46 bits per heavy atom. The third kappa shape index (κ3) is 5.59. The molecule has 3 amide bonds. The quantitative estimate of drug-likeness (QED) is 0.707. The van der Waals surface area contributed by atoms with Crippen LogP contribution in [0.2, 0.25) is 0 Å². The molecule has 1 aliphatic carbocycles. The van der Waals surface area contributed by atoms with Crippen LogP contribution >= 0.6 is 0 Å². The van der Waals surface area contributed by atoms with Crippen LogP contribution in [-0.4, -0.2) is 23.4 Å². The number of carbonyl (C=O) groups excluding carboxylic acids is 2. The maximum absolute atomic E-state index is 12.7. The second kappa shape index (κ2) is 9.93. The van der Waals surface area contributed by atoms with E-state index in [-0.39, 0.29) is 17.9 Å². The summed E-state index contributed by atoms with van der Waals surface area (Å²) in [6.07, 6.45) is 4.01. The van der Waals surface area contributed by atoms with E-state index in [0.29, 0.717) is 19.6 Å². The fourth-order valence-corrected chi connectivity index (χ4v) is 3.29. The van der Waals surface area contributed by atoms with E-state index < -0.39 is 0 Å². The summed E-state index contributed by atoms with van der Waals surface area (Å²) in [6.45, 7) is 3.80. The summed E-state index contributed by atoms with van der Waals surface area (Å²) in [4.78, 5) is 26.6. The third-order valence-corrected chi connectivity index (χ3v) is 5.11. The number of anilines is 1. The van der Waals surface area contributed by atoms with Crippen molar-refractivity contribution in [3.8, 4) is 0 Å². The van der Waals surface area contributed by atoms with Crippen molar-refractivity contribution in [3.05, 3.63) is 65.7 Å². The van der Waals surface area contributed by atoms with Crippen molar-refractivity contribution < 1.29 is 9.59 Å². The molecule has 0 atom stereocenters. The highest BCUT2D eigenvalue weighted by Crippen LogP contribution is 2.27. The Morgan fingerprint density at radius 2 is 1.79 bits per heavy atom. The first kappa shape index (κ1) is 19.9. The third-order valence-electron chi connectivity index (χ3n) is 5.11. The first-order chi connectivity index (χ1) is 13.7. The molecule has 1 aliphatic rings. The molecule has 3 rings (SSSR count). The van der Waals surface area contributed by atoms with Crippen LogP contribution in [0.4, 0.5) is 10.5 Å². The van der Waals surface area contributed by atoms with E-state index in [1.807, 2.05) is 59.5 Å². The van der Waals surface area contributed by atoms with Gasteiger partial charge < -0.3 is 15.5 Å². The van der Waals surface area contributed by atoms with Gasteiger partial charge in [0, 0.05) is 31.2 Å². The number of urea groups is 1. The Morgan fingerprint density at radius 1 is 1.04 bits per heavy atom. The van der Waals surface area contributed by atoms with Gasteiger partial charge in [0.2, 0.25) is 5.91 Å². The number of amides is 3. The average molecular weight is 380 g/mol. The summed E-state index contributed by atoms with van der Waals surface area (Å²) in [5.74, 6) is 0.258. The molecule has 2 aromatic carbocycles. The highest BCUT2D eigenvalue weighted by Gasteiger charge is 2.25. The van der Waals surface area contributed by atoms with Gasteiger partial charge in [-0.2, -0.15) is 0 Å². The number of hydrogen-bond acceptors (Lipinski definition) is 2. The van der Waals surface area contributed by atoms with Crippen molar-refractivity contribution >= 4 is 17.6 Å². The number of rotatable bonds is 8. The van der Waals surface area contributed by atoms with E-state index in [1.165, 1.54) is 0 Å². The minimum atomic E-state index is -0.0744. The maximum atomic E-state index is 12.7. The van der Waals surface area contributed by atoms with Crippen molar-refractivity contribution in [1.29, 1.82) is 0 Å². The molecule has 0 radical (unpaired) electrons. The predicted octanol–water partition coefficient (Wildman–Crippen LogP) is 4.55. The molecule has 148 valence electrons. The number of benzene rings is 2. The van der Waals surface area contributed by atoms with Gasteiger partial charge in [-0.3, -0.25) is 4.79 Å². The average Bonchev–Trinajstić information content (AvgIpc) is 2.65. The van der Waals surface area contributed by atoms with E-state index in [0.717, 1.165) is 42.5 Å². The van der Waals surface area contributed by atoms with Crippen molar-refractivity contribution in [3.63, 3.8) is 0 Å². The number of nitrogens with one attached hydrogen (secondary N) is 2. The lowest BCUT2D eigenvalue weighted by molar-refractivity contribution is -0.122. The van der Waals surface area contributed by atoms with Gasteiger partial charge >= 0.3 is 6.03 Å². The van der Waals surface area contributed by atoms with Gasteiger partial charge in [-0.15, -0.1) is 0 Å². The Hall–Kier alpha value is -2.82. The molecule has 0 aromatic heterocycles. The first-order valence-electron chi connectivity index (χ1n) is 10.1. The van der Waals surface area contributed by atoms with Crippen molar-refractivity contribution in [2.24, 2.45) is 5.92 Å². The minimum Gasteiger partial charge on any atom is -0.334 e. The molecule has 5 heteroatoms. The first-order valence-corrected chi connectivity index (χ1v) is 10.1. The number of hydrogen-bond donors (Lipinski definition) is 2. The van der Waals surface area contributed by atoms with Gasteiger partial charge in [-0.05, 0) is 42.5 Å². The van der Waals surface area contributed by atoms with Crippen LogP contribution in [0.25, 0.3) is 0 Å². The Labute approximate surface area is 167 Å². The van der Waals surface area contributed by atoms with E-state index in [1.54, 1.807) is 0 Å². The summed E-state index contributed by atoms with van der Waals surface area (Å²) in [5.41, 5.74) is 2.88. The van der Waals surface area contributed by atoms with Gasteiger partial charge in [0.25, 0.3) is 0 Å².